The van der Waals surface area contributed by atoms with Gasteiger partial charge in [0.05, 0.1) is 5.56 Å². The molecule has 108 valence electrons. The Hall–Kier alpha value is -1.58. The number of aliphatic imine (C=N–C) groups is 1. The number of benzene rings is 1. The average molecular weight is 281 g/mol. The van der Waals surface area contributed by atoms with Crippen molar-refractivity contribution in [3.8, 4) is 0 Å². The predicted octanol–water partition coefficient (Wildman–Crippen LogP) is 5.19. The Kier molecular flexibility index (Phi) is 3.76. The average Bonchev–Trinajstić information content (AvgIpc) is 2.36. The Morgan fingerprint density at radius 3 is 2.05 bits per heavy atom. The fourth-order valence-corrected chi connectivity index (χ4v) is 2.71. The van der Waals surface area contributed by atoms with Gasteiger partial charge < -0.3 is 0 Å². The van der Waals surface area contributed by atoms with E-state index in [1.165, 1.54) is 0 Å². The molecule has 0 saturated heterocycles. The predicted molar refractivity (Wildman–Crippen MR) is 74.8 cm³/mol. The normalized spacial score (nSPS) is 23.9. The first-order chi connectivity index (χ1) is 9.21. The van der Waals surface area contributed by atoms with Crippen LogP contribution in [0.2, 0.25) is 0 Å². The minimum absolute atomic E-state index is 0.106. The number of allylic oxidation sites excluding steroid dienone is 2. The largest absolute Gasteiger partial charge is 0.416 e. The summed E-state index contributed by atoms with van der Waals surface area (Å²) in [5.74, 6) is 0.310. The van der Waals surface area contributed by atoms with E-state index in [0.717, 1.165) is 34.7 Å². The Labute approximate surface area is 117 Å². The van der Waals surface area contributed by atoms with Gasteiger partial charge >= 0.3 is 6.18 Å². The molecule has 1 nitrogen and oxygen atoms in total. The van der Waals surface area contributed by atoms with Crippen LogP contribution in [0.15, 0.2) is 40.5 Å². The lowest BCUT2D eigenvalue weighted by Gasteiger charge is -2.30. The van der Waals surface area contributed by atoms with Gasteiger partial charge in [0.2, 0.25) is 0 Å². The van der Waals surface area contributed by atoms with Crippen LogP contribution in [0.4, 0.5) is 13.2 Å². The molecule has 0 saturated carbocycles. The van der Waals surface area contributed by atoms with Gasteiger partial charge in [-0.2, -0.15) is 13.2 Å². The maximum absolute atomic E-state index is 12.6. The third kappa shape index (κ3) is 2.65. The number of rotatable bonds is 1. The van der Waals surface area contributed by atoms with Crippen molar-refractivity contribution >= 4 is 5.71 Å². The van der Waals surface area contributed by atoms with Crippen molar-refractivity contribution in [2.75, 3.05) is 0 Å². The fourth-order valence-electron chi connectivity index (χ4n) is 2.71. The molecule has 0 spiro atoms. The van der Waals surface area contributed by atoms with Gasteiger partial charge in [-0.05, 0) is 44.0 Å². The van der Waals surface area contributed by atoms with Gasteiger partial charge in [0.25, 0.3) is 0 Å². The van der Waals surface area contributed by atoms with Crippen LogP contribution in [0, 0.1) is 5.92 Å². The molecule has 1 aromatic carbocycles. The molecule has 20 heavy (non-hydrogen) atoms. The van der Waals surface area contributed by atoms with Gasteiger partial charge in [0.15, 0.2) is 0 Å². The molecule has 2 unspecified atom stereocenters. The Balaban J connectivity index is 2.39. The molecule has 4 heteroatoms. The van der Waals surface area contributed by atoms with Gasteiger partial charge in [0, 0.05) is 23.2 Å². The summed E-state index contributed by atoms with van der Waals surface area (Å²) in [6.07, 6.45) is -4.28. The third-order valence-corrected chi connectivity index (χ3v) is 4.14. The summed E-state index contributed by atoms with van der Waals surface area (Å²) in [5, 5.41) is 0. The fraction of sp³-hybridized carbons (Fsp3) is 0.438. The summed E-state index contributed by atoms with van der Waals surface area (Å²) >= 11 is 0. The molecular weight excluding hydrogens is 263 g/mol. The van der Waals surface area contributed by atoms with E-state index in [4.69, 9.17) is 0 Å². The van der Waals surface area contributed by atoms with Crippen LogP contribution in [0.3, 0.4) is 0 Å². The molecule has 1 heterocycles. The zero-order valence-corrected chi connectivity index (χ0v) is 12.0. The minimum Gasteiger partial charge on any atom is -0.263 e. The first-order valence-electron chi connectivity index (χ1n) is 6.61. The van der Waals surface area contributed by atoms with E-state index in [0.29, 0.717) is 0 Å². The van der Waals surface area contributed by atoms with Crippen LogP contribution in [-0.4, -0.2) is 5.71 Å². The maximum atomic E-state index is 12.6. The second-order valence-electron chi connectivity index (χ2n) is 5.41. The highest BCUT2D eigenvalue weighted by atomic mass is 19.4. The van der Waals surface area contributed by atoms with Crippen LogP contribution in [0.25, 0.3) is 0 Å². The number of hydrogen-bond acceptors (Lipinski definition) is 1. The monoisotopic (exact) mass is 281 g/mol. The molecule has 0 amide bonds. The topological polar surface area (TPSA) is 12.4 Å². The highest BCUT2D eigenvalue weighted by molar-refractivity contribution is 5.87. The highest BCUT2D eigenvalue weighted by Gasteiger charge is 2.32. The van der Waals surface area contributed by atoms with E-state index in [1.54, 1.807) is 12.1 Å². The number of nitrogens with zero attached hydrogens (tertiary/aromatic N) is 1. The Morgan fingerprint density at radius 2 is 1.55 bits per heavy atom. The lowest BCUT2D eigenvalue weighted by molar-refractivity contribution is -0.137. The zero-order valence-electron chi connectivity index (χ0n) is 12.0. The van der Waals surface area contributed by atoms with E-state index >= 15 is 0 Å². The summed E-state index contributed by atoms with van der Waals surface area (Å²) in [6.45, 7) is 7.99. The Bertz CT molecular complexity index is 564. The van der Waals surface area contributed by atoms with Crippen molar-refractivity contribution in [3.05, 3.63) is 46.7 Å². The van der Waals surface area contributed by atoms with Crippen molar-refractivity contribution in [1.82, 2.24) is 0 Å². The second kappa shape index (κ2) is 5.08. The molecule has 0 aromatic heterocycles. The van der Waals surface area contributed by atoms with Crippen LogP contribution < -0.4 is 0 Å². The second-order valence-corrected chi connectivity index (χ2v) is 5.41. The first kappa shape index (κ1) is 14.8. The molecule has 0 radical (unpaired) electrons. The van der Waals surface area contributed by atoms with Gasteiger partial charge in [0.1, 0.15) is 0 Å². The maximum Gasteiger partial charge on any atom is 0.416 e. The van der Waals surface area contributed by atoms with E-state index in [9.17, 15) is 13.2 Å². The smallest absolute Gasteiger partial charge is 0.263 e. The number of alkyl halides is 3. The summed E-state index contributed by atoms with van der Waals surface area (Å²) < 4.78 is 37.8. The first-order valence-corrected chi connectivity index (χ1v) is 6.61. The molecule has 0 aliphatic carbocycles. The van der Waals surface area contributed by atoms with Crippen LogP contribution in [0.1, 0.15) is 44.7 Å². The summed E-state index contributed by atoms with van der Waals surface area (Å²) in [4.78, 5) is 4.49. The lowest BCUT2D eigenvalue weighted by atomic mass is 9.77. The van der Waals surface area contributed by atoms with E-state index in [2.05, 4.69) is 11.9 Å². The van der Waals surface area contributed by atoms with Crippen LogP contribution in [-0.2, 0) is 6.18 Å². The molecule has 2 rings (SSSR count). The van der Waals surface area contributed by atoms with Crippen molar-refractivity contribution in [2.45, 2.75) is 39.8 Å². The van der Waals surface area contributed by atoms with Gasteiger partial charge in [-0.3, -0.25) is 4.99 Å². The standard InChI is InChI=1S/C16H18F3N/c1-9-11(3)20-12(4)10(2)15(9)13-5-7-14(8-6-13)16(17,18)19/h5-9,15H,1-4H3. The minimum atomic E-state index is -4.28. The third-order valence-electron chi connectivity index (χ3n) is 4.14. The van der Waals surface area contributed by atoms with Crippen LogP contribution >= 0.6 is 0 Å². The lowest BCUT2D eigenvalue weighted by Crippen LogP contribution is -2.23. The number of halogens is 3. The molecule has 1 aromatic rings. The molecule has 1 aliphatic rings. The summed E-state index contributed by atoms with van der Waals surface area (Å²) in [5.41, 5.74) is 3.43. The van der Waals surface area contributed by atoms with Gasteiger partial charge in [-0.25, -0.2) is 0 Å². The van der Waals surface area contributed by atoms with Crippen molar-refractivity contribution < 1.29 is 13.2 Å². The molecule has 0 N–H and O–H groups in total. The quantitative estimate of drug-likeness (QED) is 0.671. The zero-order chi connectivity index (χ0) is 15.1. The van der Waals surface area contributed by atoms with E-state index in [-0.39, 0.29) is 11.8 Å². The Morgan fingerprint density at radius 1 is 1.00 bits per heavy atom. The SMILES string of the molecule is CC1=NC(C)=C(C)C(c2ccc(C(F)(F)F)cc2)C1C. The van der Waals surface area contributed by atoms with E-state index in [1.807, 2.05) is 20.8 Å². The molecular formula is C16H18F3N. The van der Waals surface area contributed by atoms with E-state index < -0.39 is 11.7 Å². The van der Waals surface area contributed by atoms with Crippen LogP contribution in [0.5, 0.6) is 0 Å². The van der Waals surface area contributed by atoms with Crippen molar-refractivity contribution in [2.24, 2.45) is 10.9 Å². The van der Waals surface area contributed by atoms with Gasteiger partial charge in [-0.1, -0.05) is 19.1 Å². The highest BCUT2D eigenvalue weighted by Crippen LogP contribution is 2.39. The number of hydrogen-bond donors (Lipinski definition) is 0. The van der Waals surface area contributed by atoms with Crippen molar-refractivity contribution in [3.63, 3.8) is 0 Å². The molecule has 0 fully saturated rings. The summed E-state index contributed by atoms with van der Waals surface area (Å²) in [7, 11) is 0. The molecule has 2 atom stereocenters. The summed E-state index contributed by atoms with van der Waals surface area (Å²) in [6, 6.07) is 5.48. The van der Waals surface area contributed by atoms with Gasteiger partial charge in [-0.15, -0.1) is 0 Å². The molecule has 0 bridgehead atoms. The molecule has 1 aliphatic heterocycles. The van der Waals surface area contributed by atoms with Crippen molar-refractivity contribution in [1.29, 1.82) is 0 Å².